The molecule has 134 valence electrons. The van der Waals surface area contributed by atoms with Gasteiger partial charge in [0.15, 0.2) is 0 Å². The summed E-state index contributed by atoms with van der Waals surface area (Å²) in [6, 6.07) is 15.9. The number of hydrogen-bond acceptors (Lipinski definition) is 5. The van der Waals surface area contributed by atoms with E-state index in [1.165, 1.54) is 17.3 Å². The van der Waals surface area contributed by atoms with Crippen molar-refractivity contribution in [2.24, 2.45) is 0 Å². The Kier molecular flexibility index (Phi) is 5.73. The van der Waals surface area contributed by atoms with Crippen molar-refractivity contribution in [1.82, 2.24) is 10.2 Å². The first-order valence-corrected chi connectivity index (χ1v) is 9.30. The fourth-order valence-electron chi connectivity index (χ4n) is 2.52. The first-order chi connectivity index (χ1) is 12.5. The number of benzene rings is 2. The number of nitrogens with zero attached hydrogens (tertiary/aromatic N) is 2. The second kappa shape index (κ2) is 8.19. The van der Waals surface area contributed by atoms with Crippen LogP contribution in [-0.2, 0) is 11.2 Å². The lowest BCUT2D eigenvalue weighted by atomic mass is 10.1. The molecule has 3 rings (SSSR count). The second-order valence-electron chi connectivity index (χ2n) is 6.19. The fraction of sp³-hybridized carbons (Fsp3) is 0.250. The van der Waals surface area contributed by atoms with Crippen molar-refractivity contribution in [1.29, 1.82) is 0 Å². The quantitative estimate of drug-likeness (QED) is 0.654. The van der Waals surface area contributed by atoms with Crippen molar-refractivity contribution in [3.05, 3.63) is 71.1 Å². The summed E-state index contributed by atoms with van der Waals surface area (Å²) in [6.45, 7) is 5.83. The van der Waals surface area contributed by atoms with E-state index in [0.717, 1.165) is 16.8 Å². The molecular formula is C20H21N3O2S. The fourth-order valence-corrected chi connectivity index (χ4v) is 3.22. The predicted octanol–water partition coefficient (Wildman–Crippen LogP) is 4.40. The summed E-state index contributed by atoms with van der Waals surface area (Å²) in [5, 5.41) is 11.1. The molecule has 5 nitrogen and oxygen atoms in total. The Morgan fingerprint density at radius 2 is 1.92 bits per heavy atom. The molecule has 0 saturated heterocycles. The third-order valence-electron chi connectivity index (χ3n) is 3.93. The van der Waals surface area contributed by atoms with E-state index in [0.29, 0.717) is 17.5 Å². The van der Waals surface area contributed by atoms with Crippen LogP contribution in [0.1, 0.15) is 29.5 Å². The minimum Gasteiger partial charge on any atom is -0.416 e. The van der Waals surface area contributed by atoms with Crippen LogP contribution in [0, 0.1) is 13.8 Å². The van der Waals surface area contributed by atoms with Gasteiger partial charge in [0.1, 0.15) is 0 Å². The number of nitrogens with one attached hydrogen (secondary N) is 1. The molecule has 0 aliphatic carbocycles. The molecule has 2 aromatic carbocycles. The SMILES string of the molecule is Cc1ccc(NC(=O)[C@H](C)Sc2nnc(Cc3ccccc3)o2)c(C)c1. The summed E-state index contributed by atoms with van der Waals surface area (Å²) >= 11 is 1.26. The maximum absolute atomic E-state index is 12.4. The molecular weight excluding hydrogens is 346 g/mol. The molecule has 1 heterocycles. The van der Waals surface area contributed by atoms with Gasteiger partial charge in [-0.2, -0.15) is 0 Å². The highest BCUT2D eigenvalue weighted by Crippen LogP contribution is 2.24. The first kappa shape index (κ1) is 18.2. The summed E-state index contributed by atoms with van der Waals surface area (Å²) in [7, 11) is 0. The van der Waals surface area contributed by atoms with Gasteiger partial charge in [-0.15, -0.1) is 10.2 Å². The van der Waals surface area contributed by atoms with Crippen molar-refractivity contribution < 1.29 is 9.21 Å². The topological polar surface area (TPSA) is 68.0 Å². The zero-order valence-electron chi connectivity index (χ0n) is 15.0. The lowest BCUT2D eigenvalue weighted by Crippen LogP contribution is -2.22. The Labute approximate surface area is 157 Å². The van der Waals surface area contributed by atoms with Gasteiger partial charge in [0, 0.05) is 5.69 Å². The molecule has 0 fully saturated rings. The van der Waals surface area contributed by atoms with Gasteiger partial charge >= 0.3 is 0 Å². The van der Waals surface area contributed by atoms with Crippen molar-refractivity contribution in [2.45, 2.75) is 37.7 Å². The Morgan fingerprint density at radius 3 is 2.65 bits per heavy atom. The minimum atomic E-state index is -0.347. The van der Waals surface area contributed by atoms with Gasteiger partial charge in [-0.1, -0.05) is 59.8 Å². The third-order valence-corrected chi connectivity index (χ3v) is 4.87. The molecule has 6 heteroatoms. The van der Waals surface area contributed by atoms with E-state index < -0.39 is 0 Å². The van der Waals surface area contributed by atoms with Crippen LogP contribution in [-0.4, -0.2) is 21.4 Å². The lowest BCUT2D eigenvalue weighted by molar-refractivity contribution is -0.115. The smallest absolute Gasteiger partial charge is 0.277 e. The van der Waals surface area contributed by atoms with Crippen LogP contribution < -0.4 is 5.32 Å². The predicted molar refractivity (Wildman–Crippen MR) is 103 cm³/mol. The van der Waals surface area contributed by atoms with Gasteiger partial charge in [-0.05, 0) is 38.0 Å². The zero-order chi connectivity index (χ0) is 18.5. The number of anilines is 1. The summed E-state index contributed by atoms with van der Waals surface area (Å²) < 4.78 is 5.66. The lowest BCUT2D eigenvalue weighted by Gasteiger charge is -2.12. The Morgan fingerprint density at radius 1 is 1.15 bits per heavy atom. The molecule has 0 bridgehead atoms. The minimum absolute atomic E-state index is 0.0928. The monoisotopic (exact) mass is 367 g/mol. The highest BCUT2D eigenvalue weighted by Gasteiger charge is 2.19. The van der Waals surface area contributed by atoms with Gasteiger partial charge in [-0.25, -0.2) is 0 Å². The van der Waals surface area contributed by atoms with E-state index in [2.05, 4.69) is 15.5 Å². The van der Waals surface area contributed by atoms with Crippen LogP contribution >= 0.6 is 11.8 Å². The molecule has 0 saturated carbocycles. The molecule has 0 aliphatic rings. The molecule has 1 atom stereocenters. The molecule has 3 aromatic rings. The standard InChI is InChI=1S/C20H21N3O2S/c1-13-9-10-17(14(2)11-13)21-19(24)15(3)26-20-23-22-18(25-20)12-16-7-5-4-6-8-16/h4-11,15H,12H2,1-3H3,(H,21,24)/t15-/m0/s1. The van der Waals surface area contributed by atoms with Crippen molar-refractivity contribution >= 4 is 23.4 Å². The van der Waals surface area contributed by atoms with E-state index in [4.69, 9.17) is 4.42 Å². The molecule has 26 heavy (non-hydrogen) atoms. The van der Waals surface area contributed by atoms with Gasteiger partial charge < -0.3 is 9.73 Å². The summed E-state index contributed by atoms with van der Waals surface area (Å²) in [4.78, 5) is 12.4. The van der Waals surface area contributed by atoms with Crippen molar-refractivity contribution in [3.63, 3.8) is 0 Å². The first-order valence-electron chi connectivity index (χ1n) is 8.42. The number of amides is 1. The highest BCUT2D eigenvalue weighted by atomic mass is 32.2. The van der Waals surface area contributed by atoms with Crippen LogP contribution in [0.2, 0.25) is 0 Å². The molecule has 0 radical (unpaired) electrons. The number of hydrogen-bond donors (Lipinski definition) is 1. The summed E-state index contributed by atoms with van der Waals surface area (Å²) in [6.07, 6.45) is 0.581. The number of aromatic nitrogens is 2. The molecule has 0 unspecified atom stereocenters. The maximum Gasteiger partial charge on any atom is 0.277 e. The Bertz CT molecular complexity index is 893. The average molecular weight is 367 g/mol. The van der Waals surface area contributed by atoms with E-state index >= 15 is 0 Å². The number of aryl methyl sites for hydroxylation is 2. The van der Waals surface area contributed by atoms with Crippen LogP contribution in [0.4, 0.5) is 5.69 Å². The van der Waals surface area contributed by atoms with Crippen LogP contribution in [0.15, 0.2) is 58.2 Å². The molecule has 1 N–H and O–H groups in total. The molecule has 0 aliphatic heterocycles. The van der Waals surface area contributed by atoms with Gasteiger partial charge in [0.25, 0.3) is 5.22 Å². The number of rotatable bonds is 6. The average Bonchev–Trinajstić information content (AvgIpc) is 3.05. The Balaban J connectivity index is 1.59. The van der Waals surface area contributed by atoms with Crippen molar-refractivity contribution in [2.75, 3.05) is 5.32 Å². The zero-order valence-corrected chi connectivity index (χ0v) is 15.8. The highest BCUT2D eigenvalue weighted by molar-refractivity contribution is 8.00. The van der Waals surface area contributed by atoms with E-state index in [9.17, 15) is 4.79 Å². The van der Waals surface area contributed by atoms with E-state index in [1.807, 2.05) is 69.3 Å². The van der Waals surface area contributed by atoms with Gasteiger partial charge in [-0.3, -0.25) is 4.79 Å². The van der Waals surface area contributed by atoms with Gasteiger partial charge in [0.05, 0.1) is 11.7 Å². The maximum atomic E-state index is 12.4. The van der Waals surface area contributed by atoms with Gasteiger partial charge in [0.2, 0.25) is 11.8 Å². The third kappa shape index (κ3) is 4.73. The molecule has 1 amide bonds. The summed E-state index contributed by atoms with van der Waals surface area (Å²) in [5.74, 6) is 0.449. The summed E-state index contributed by atoms with van der Waals surface area (Å²) in [5.41, 5.74) is 4.13. The largest absolute Gasteiger partial charge is 0.416 e. The number of carbonyl (C=O) groups is 1. The molecule has 1 aromatic heterocycles. The van der Waals surface area contributed by atoms with Crippen LogP contribution in [0.25, 0.3) is 0 Å². The Hall–Kier alpha value is -2.60. The molecule has 0 spiro atoms. The van der Waals surface area contributed by atoms with E-state index in [-0.39, 0.29) is 11.2 Å². The van der Waals surface area contributed by atoms with Crippen LogP contribution in [0.3, 0.4) is 0 Å². The normalized spacial score (nSPS) is 12.0. The number of thioether (sulfide) groups is 1. The van der Waals surface area contributed by atoms with Crippen LogP contribution in [0.5, 0.6) is 0 Å². The van der Waals surface area contributed by atoms with Crippen molar-refractivity contribution in [3.8, 4) is 0 Å². The van der Waals surface area contributed by atoms with E-state index in [1.54, 1.807) is 0 Å². The number of carbonyl (C=O) groups excluding carboxylic acids is 1. The second-order valence-corrected chi connectivity index (χ2v) is 7.48.